The van der Waals surface area contributed by atoms with Gasteiger partial charge in [-0.25, -0.2) is 0 Å². The highest BCUT2D eigenvalue weighted by Crippen LogP contribution is 2.23. The summed E-state index contributed by atoms with van der Waals surface area (Å²) in [5.41, 5.74) is 1.35. The molecule has 0 saturated heterocycles. The van der Waals surface area contributed by atoms with E-state index in [9.17, 15) is 0 Å². The van der Waals surface area contributed by atoms with Crippen LogP contribution in [0.1, 0.15) is 35.1 Å². The molecule has 0 aliphatic carbocycles. The van der Waals surface area contributed by atoms with Crippen molar-refractivity contribution in [1.82, 2.24) is 15.5 Å². The molecule has 1 N–H and O–H groups in total. The van der Waals surface area contributed by atoms with Crippen molar-refractivity contribution in [3.63, 3.8) is 0 Å². The van der Waals surface area contributed by atoms with Crippen molar-refractivity contribution in [3.8, 4) is 0 Å². The second kappa shape index (κ2) is 5.42. The summed E-state index contributed by atoms with van der Waals surface area (Å²) in [6.07, 6.45) is 0.773. The fourth-order valence-corrected chi connectivity index (χ4v) is 2.72. The number of aromatic nitrogens is 2. The van der Waals surface area contributed by atoms with Gasteiger partial charge in [0.1, 0.15) is 0 Å². The van der Waals surface area contributed by atoms with Gasteiger partial charge < -0.3 is 9.84 Å². The van der Waals surface area contributed by atoms with Gasteiger partial charge in [-0.2, -0.15) is 4.98 Å². The molecule has 0 aliphatic heterocycles. The Hall–Kier alpha value is -1.20. The standard InChI is InChI=1S/C12H17N3OS/c1-8-5-7-17-12(8)9(2)13-6-4-11-14-10(3)15-16-11/h5,7,9,13H,4,6H2,1-3H3/t9-/m1/s1. The van der Waals surface area contributed by atoms with E-state index in [0.717, 1.165) is 13.0 Å². The zero-order chi connectivity index (χ0) is 12.3. The molecule has 0 radical (unpaired) electrons. The Morgan fingerprint density at radius 2 is 2.29 bits per heavy atom. The van der Waals surface area contributed by atoms with Crippen LogP contribution < -0.4 is 5.32 Å². The Labute approximate surface area is 105 Å². The third-order valence-electron chi connectivity index (χ3n) is 2.65. The molecule has 2 aromatic rings. The first-order chi connectivity index (χ1) is 8.16. The van der Waals surface area contributed by atoms with Crippen molar-refractivity contribution in [2.24, 2.45) is 0 Å². The van der Waals surface area contributed by atoms with E-state index in [1.54, 1.807) is 11.3 Å². The van der Waals surface area contributed by atoms with Crippen molar-refractivity contribution in [2.45, 2.75) is 33.2 Å². The summed E-state index contributed by atoms with van der Waals surface area (Å²) in [7, 11) is 0. The third-order valence-corrected chi connectivity index (χ3v) is 3.86. The van der Waals surface area contributed by atoms with E-state index in [1.807, 2.05) is 6.92 Å². The van der Waals surface area contributed by atoms with Crippen LogP contribution in [0.15, 0.2) is 16.0 Å². The van der Waals surface area contributed by atoms with Crippen LogP contribution in [-0.2, 0) is 6.42 Å². The van der Waals surface area contributed by atoms with Gasteiger partial charge in [0.25, 0.3) is 0 Å². The molecule has 0 bridgehead atoms. The molecule has 0 spiro atoms. The molecule has 0 aromatic carbocycles. The maximum atomic E-state index is 5.06. The lowest BCUT2D eigenvalue weighted by Gasteiger charge is -2.12. The van der Waals surface area contributed by atoms with Gasteiger partial charge in [0.05, 0.1) is 0 Å². The Balaban J connectivity index is 1.81. The van der Waals surface area contributed by atoms with E-state index in [0.29, 0.717) is 17.8 Å². The van der Waals surface area contributed by atoms with Crippen LogP contribution in [0.2, 0.25) is 0 Å². The number of hydrogen-bond acceptors (Lipinski definition) is 5. The fourth-order valence-electron chi connectivity index (χ4n) is 1.76. The van der Waals surface area contributed by atoms with Crippen molar-refractivity contribution in [3.05, 3.63) is 33.6 Å². The van der Waals surface area contributed by atoms with E-state index in [-0.39, 0.29) is 0 Å². The predicted octanol–water partition coefficient (Wildman–Crippen LogP) is 2.64. The van der Waals surface area contributed by atoms with Crippen molar-refractivity contribution < 1.29 is 4.52 Å². The van der Waals surface area contributed by atoms with Crippen molar-refractivity contribution >= 4 is 11.3 Å². The maximum Gasteiger partial charge on any atom is 0.227 e. The van der Waals surface area contributed by atoms with Crippen molar-refractivity contribution in [1.29, 1.82) is 0 Å². The summed E-state index contributed by atoms with van der Waals surface area (Å²) in [6.45, 7) is 7.00. The summed E-state index contributed by atoms with van der Waals surface area (Å²) >= 11 is 1.79. The van der Waals surface area contributed by atoms with Crippen LogP contribution in [0.5, 0.6) is 0 Å². The van der Waals surface area contributed by atoms with Gasteiger partial charge in [-0.3, -0.25) is 0 Å². The highest BCUT2D eigenvalue weighted by Gasteiger charge is 2.09. The van der Waals surface area contributed by atoms with Gasteiger partial charge >= 0.3 is 0 Å². The zero-order valence-corrected chi connectivity index (χ0v) is 11.2. The van der Waals surface area contributed by atoms with Crippen LogP contribution in [0.4, 0.5) is 0 Å². The first-order valence-electron chi connectivity index (χ1n) is 5.73. The Morgan fingerprint density at radius 1 is 1.47 bits per heavy atom. The fraction of sp³-hybridized carbons (Fsp3) is 0.500. The van der Waals surface area contributed by atoms with Crippen LogP contribution in [0, 0.1) is 13.8 Å². The van der Waals surface area contributed by atoms with Crippen LogP contribution in [0.3, 0.4) is 0 Å². The topological polar surface area (TPSA) is 51.0 Å². The average molecular weight is 251 g/mol. The number of hydrogen-bond donors (Lipinski definition) is 1. The minimum atomic E-state index is 0.374. The summed E-state index contributed by atoms with van der Waals surface area (Å²) in [4.78, 5) is 5.57. The molecular weight excluding hydrogens is 234 g/mol. The summed E-state index contributed by atoms with van der Waals surface area (Å²) in [5, 5.41) is 9.36. The first-order valence-corrected chi connectivity index (χ1v) is 6.61. The lowest BCUT2D eigenvalue weighted by molar-refractivity contribution is 0.370. The summed E-state index contributed by atoms with van der Waals surface area (Å²) in [5.74, 6) is 1.40. The van der Waals surface area contributed by atoms with Gasteiger partial charge in [0.15, 0.2) is 5.82 Å². The van der Waals surface area contributed by atoms with Gasteiger partial charge in [0, 0.05) is 23.9 Å². The van der Waals surface area contributed by atoms with Crippen LogP contribution in [-0.4, -0.2) is 16.7 Å². The minimum absolute atomic E-state index is 0.374. The van der Waals surface area contributed by atoms with Gasteiger partial charge in [-0.15, -0.1) is 11.3 Å². The molecule has 2 aromatic heterocycles. The van der Waals surface area contributed by atoms with E-state index >= 15 is 0 Å². The second-order valence-corrected chi connectivity index (χ2v) is 5.08. The van der Waals surface area contributed by atoms with E-state index in [1.165, 1.54) is 10.4 Å². The predicted molar refractivity (Wildman–Crippen MR) is 68.2 cm³/mol. The Morgan fingerprint density at radius 3 is 2.88 bits per heavy atom. The number of aryl methyl sites for hydroxylation is 2. The van der Waals surface area contributed by atoms with Gasteiger partial charge in [-0.05, 0) is 37.8 Å². The van der Waals surface area contributed by atoms with E-state index in [4.69, 9.17) is 4.52 Å². The molecule has 0 amide bonds. The third kappa shape index (κ3) is 3.14. The van der Waals surface area contributed by atoms with Gasteiger partial charge in [0.2, 0.25) is 5.89 Å². The molecule has 0 unspecified atom stereocenters. The summed E-state index contributed by atoms with van der Waals surface area (Å²) < 4.78 is 5.06. The summed E-state index contributed by atoms with van der Waals surface area (Å²) in [6, 6.07) is 2.53. The van der Waals surface area contributed by atoms with E-state index in [2.05, 4.69) is 40.8 Å². The Kier molecular flexibility index (Phi) is 3.91. The smallest absolute Gasteiger partial charge is 0.227 e. The molecule has 0 fully saturated rings. The number of nitrogens with one attached hydrogen (secondary N) is 1. The molecule has 5 heteroatoms. The second-order valence-electron chi connectivity index (χ2n) is 4.13. The molecular formula is C12H17N3OS. The highest BCUT2D eigenvalue weighted by molar-refractivity contribution is 7.10. The molecule has 0 saturated carbocycles. The van der Waals surface area contributed by atoms with E-state index < -0.39 is 0 Å². The highest BCUT2D eigenvalue weighted by atomic mass is 32.1. The lowest BCUT2D eigenvalue weighted by atomic mass is 10.2. The first kappa shape index (κ1) is 12.3. The molecule has 1 atom stereocenters. The zero-order valence-electron chi connectivity index (χ0n) is 10.4. The van der Waals surface area contributed by atoms with Crippen molar-refractivity contribution in [2.75, 3.05) is 6.54 Å². The molecule has 4 nitrogen and oxygen atoms in total. The maximum absolute atomic E-state index is 5.06. The van der Waals surface area contributed by atoms with Gasteiger partial charge in [-0.1, -0.05) is 5.16 Å². The molecule has 0 aliphatic rings. The molecule has 2 heterocycles. The molecule has 92 valence electrons. The minimum Gasteiger partial charge on any atom is -0.339 e. The number of thiophene rings is 1. The van der Waals surface area contributed by atoms with Crippen LogP contribution >= 0.6 is 11.3 Å². The molecule has 2 rings (SSSR count). The SMILES string of the molecule is Cc1noc(CCN[C@H](C)c2sccc2C)n1. The normalized spacial score (nSPS) is 12.9. The quantitative estimate of drug-likeness (QED) is 0.887. The monoisotopic (exact) mass is 251 g/mol. The number of rotatable bonds is 5. The lowest BCUT2D eigenvalue weighted by Crippen LogP contribution is -2.21. The Bertz CT molecular complexity index is 478. The average Bonchev–Trinajstić information content (AvgIpc) is 2.87. The molecule has 17 heavy (non-hydrogen) atoms. The largest absolute Gasteiger partial charge is 0.339 e. The number of nitrogens with zero attached hydrogens (tertiary/aromatic N) is 2. The van der Waals surface area contributed by atoms with Crippen LogP contribution in [0.25, 0.3) is 0 Å².